The van der Waals surface area contributed by atoms with Gasteiger partial charge < -0.3 is 0 Å². The second kappa shape index (κ2) is 4.74. The van der Waals surface area contributed by atoms with Crippen molar-refractivity contribution in [3.05, 3.63) is 77.9 Å². The van der Waals surface area contributed by atoms with Gasteiger partial charge in [0.15, 0.2) is 0 Å². The van der Waals surface area contributed by atoms with Crippen molar-refractivity contribution < 1.29 is 0 Å². The molecular formula is C20H8Br2O2. The average Bonchev–Trinajstić information content (AvgIpc) is 2.59. The van der Waals surface area contributed by atoms with Crippen LogP contribution in [0.3, 0.4) is 0 Å². The van der Waals surface area contributed by atoms with Crippen molar-refractivity contribution in [3.8, 4) is 0 Å². The molecule has 0 unspecified atom stereocenters. The Bertz CT molecular complexity index is 1410. The Hall–Kier alpha value is -2.04. The molecule has 5 aromatic carbocycles. The Labute approximate surface area is 152 Å². The molecule has 0 aliphatic carbocycles. The van der Waals surface area contributed by atoms with Gasteiger partial charge in [0.25, 0.3) is 0 Å². The number of benzene rings is 5. The predicted molar refractivity (Wildman–Crippen MR) is 107 cm³/mol. The summed E-state index contributed by atoms with van der Waals surface area (Å²) >= 11 is 6.93. The molecule has 0 saturated heterocycles. The molecule has 2 nitrogen and oxygen atoms in total. The molecule has 0 aliphatic rings. The molecule has 5 aromatic rings. The summed E-state index contributed by atoms with van der Waals surface area (Å²) in [4.78, 5) is 25.3. The molecular weight excluding hydrogens is 432 g/mol. The van der Waals surface area contributed by atoms with E-state index in [2.05, 4.69) is 37.9 Å². The standard InChI is InChI=1S/C20H8Br2O2/c21-13-8-9-4-3-7-11-10-5-1-2-6-12(10)15-17(14(9)11)16(13)18(22)20(24)19(15)23/h1-8H. The van der Waals surface area contributed by atoms with Crippen LogP contribution in [-0.2, 0) is 0 Å². The lowest BCUT2D eigenvalue weighted by molar-refractivity contribution is 1.52. The highest BCUT2D eigenvalue weighted by molar-refractivity contribution is 9.11. The van der Waals surface area contributed by atoms with Gasteiger partial charge in [-0.3, -0.25) is 9.59 Å². The van der Waals surface area contributed by atoms with E-state index < -0.39 is 10.9 Å². The predicted octanol–water partition coefficient (Wildman–Crippen LogP) is 5.42. The minimum atomic E-state index is -0.494. The van der Waals surface area contributed by atoms with Crippen LogP contribution in [0.2, 0.25) is 0 Å². The van der Waals surface area contributed by atoms with Gasteiger partial charge in [-0.05, 0) is 48.9 Å². The Kier molecular flexibility index (Phi) is 2.83. The quantitative estimate of drug-likeness (QED) is 0.183. The maximum atomic E-state index is 12.8. The Morgan fingerprint density at radius 1 is 0.625 bits per heavy atom. The van der Waals surface area contributed by atoms with Gasteiger partial charge in [0.05, 0.1) is 4.47 Å². The zero-order valence-corrected chi connectivity index (χ0v) is 15.4. The summed E-state index contributed by atoms with van der Waals surface area (Å²) in [7, 11) is 0. The molecule has 0 heterocycles. The number of rotatable bonds is 0. The molecule has 24 heavy (non-hydrogen) atoms. The number of hydrogen-bond donors (Lipinski definition) is 0. The zero-order chi connectivity index (χ0) is 16.6. The van der Waals surface area contributed by atoms with Gasteiger partial charge in [-0.25, -0.2) is 0 Å². The summed E-state index contributed by atoms with van der Waals surface area (Å²) in [6, 6.07) is 15.9. The SMILES string of the molecule is O=c1c(Br)c2c(Br)cc3cccc4c5ccccc5c(c1=O)c2c34. The van der Waals surface area contributed by atoms with E-state index in [1.54, 1.807) is 0 Å². The number of fused-ring (bicyclic) bond motifs is 3. The van der Waals surface area contributed by atoms with Gasteiger partial charge in [-0.1, -0.05) is 58.4 Å². The van der Waals surface area contributed by atoms with Gasteiger partial charge in [-0.15, -0.1) is 0 Å². The monoisotopic (exact) mass is 438 g/mol. The first-order valence-corrected chi connectivity index (χ1v) is 9.02. The molecule has 5 rings (SSSR count). The highest BCUT2D eigenvalue weighted by Crippen LogP contribution is 2.43. The van der Waals surface area contributed by atoms with Crippen LogP contribution in [0.4, 0.5) is 0 Å². The summed E-state index contributed by atoms with van der Waals surface area (Å²) < 4.78 is 1.14. The minimum absolute atomic E-state index is 0.328. The molecule has 0 aromatic heterocycles. The third-order valence-corrected chi connectivity index (χ3v) is 6.09. The van der Waals surface area contributed by atoms with Crippen LogP contribution in [0, 0.1) is 0 Å². The molecule has 4 heteroatoms. The Morgan fingerprint density at radius 3 is 2.08 bits per heavy atom. The fourth-order valence-corrected chi connectivity index (χ4v) is 5.25. The van der Waals surface area contributed by atoms with E-state index in [9.17, 15) is 9.59 Å². The summed E-state index contributed by atoms with van der Waals surface area (Å²) in [5.74, 6) is 0. The van der Waals surface area contributed by atoms with E-state index in [1.165, 1.54) is 0 Å². The number of hydrogen-bond acceptors (Lipinski definition) is 2. The van der Waals surface area contributed by atoms with Crippen molar-refractivity contribution in [2.45, 2.75) is 0 Å². The van der Waals surface area contributed by atoms with Gasteiger partial charge in [0, 0.05) is 20.6 Å². The molecule has 0 amide bonds. The van der Waals surface area contributed by atoms with Gasteiger partial charge in [-0.2, -0.15) is 0 Å². The average molecular weight is 440 g/mol. The van der Waals surface area contributed by atoms with Crippen LogP contribution in [-0.4, -0.2) is 0 Å². The van der Waals surface area contributed by atoms with Crippen LogP contribution >= 0.6 is 31.9 Å². The molecule has 0 aliphatic heterocycles. The smallest absolute Gasteiger partial charge is 0.241 e. The molecule has 0 spiro atoms. The molecule has 0 fully saturated rings. The van der Waals surface area contributed by atoms with Crippen LogP contribution < -0.4 is 10.9 Å². The summed E-state index contributed by atoms with van der Waals surface area (Å²) in [5, 5.41) is 7.13. The van der Waals surface area contributed by atoms with Crippen molar-refractivity contribution in [3.63, 3.8) is 0 Å². The third kappa shape index (κ3) is 1.60. The first kappa shape index (κ1) is 14.3. The van der Waals surface area contributed by atoms with E-state index in [4.69, 9.17) is 0 Å². The van der Waals surface area contributed by atoms with Crippen molar-refractivity contribution in [2.24, 2.45) is 0 Å². The number of halogens is 2. The fraction of sp³-hybridized carbons (Fsp3) is 0. The van der Waals surface area contributed by atoms with Crippen molar-refractivity contribution in [1.82, 2.24) is 0 Å². The summed E-state index contributed by atoms with van der Waals surface area (Å²) in [6.07, 6.45) is 0. The third-order valence-electron chi connectivity index (χ3n) is 4.71. The molecule has 0 atom stereocenters. The van der Waals surface area contributed by atoms with Gasteiger partial charge >= 0.3 is 0 Å². The lowest BCUT2D eigenvalue weighted by atomic mass is 9.89. The van der Waals surface area contributed by atoms with Gasteiger partial charge in [0.2, 0.25) is 10.9 Å². The van der Waals surface area contributed by atoms with E-state index in [-0.39, 0.29) is 0 Å². The lowest BCUT2D eigenvalue weighted by Gasteiger charge is -2.15. The van der Waals surface area contributed by atoms with E-state index in [0.717, 1.165) is 42.2 Å². The van der Waals surface area contributed by atoms with E-state index in [0.29, 0.717) is 9.86 Å². The maximum absolute atomic E-state index is 12.8. The van der Waals surface area contributed by atoms with Crippen molar-refractivity contribution >= 4 is 74.9 Å². The fourth-order valence-electron chi connectivity index (χ4n) is 3.74. The molecule has 114 valence electrons. The molecule has 0 bridgehead atoms. The largest absolute Gasteiger partial charge is 0.285 e. The maximum Gasteiger partial charge on any atom is 0.241 e. The van der Waals surface area contributed by atoms with Gasteiger partial charge in [0.1, 0.15) is 0 Å². The van der Waals surface area contributed by atoms with E-state index in [1.807, 2.05) is 42.5 Å². The lowest BCUT2D eigenvalue weighted by Crippen LogP contribution is -2.25. The summed E-state index contributed by atoms with van der Waals surface area (Å²) in [5.41, 5.74) is -0.942. The minimum Gasteiger partial charge on any atom is -0.285 e. The van der Waals surface area contributed by atoms with Crippen molar-refractivity contribution in [1.29, 1.82) is 0 Å². The van der Waals surface area contributed by atoms with Crippen molar-refractivity contribution in [2.75, 3.05) is 0 Å². The second-order valence-electron chi connectivity index (χ2n) is 5.90. The molecule has 0 N–H and O–H groups in total. The summed E-state index contributed by atoms with van der Waals surface area (Å²) in [6.45, 7) is 0. The highest BCUT2D eigenvalue weighted by atomic mass is 79.9. The normalized spacial score (nSPS) is 12.1. The first-order valence-electron chi connectivity index (χ1n) is 7.43. The van der Waals surface area contributed by atoms with Crippen LogP contribution in [0.25, 0.3) is 43.1 Å². The van der Waals surface area contributed by atoms with E-state index >= 15 is 0 Å². The van der Waals surface area contributed by atoms with Crippen LogP contribution in [0.5, 0.6) is 0 Å². The Morgan fingerprint density at radius 2 is 1.29 bits per heavy atom. The van der Waals surface area contributed by atoms with Crippen LogP contribution in [0.15, 0.2) is 67.1 Å². The first-order chi connectivity index (χ1) is 11.6. The molecule has 0 saturated carbocycles. The highest BCUT2D eigenvalue weighted by Gasteiger charge is 2.21. The topological polar surface area (TPSA) is 34.1 Å². The zero-order valence-electron chi connectivity index (χ0n) is 12.2. The molecule has 0 radical (unpaired) electrons. The van der Waals surface area contributed by atoms with Crippen LogP contribution in [0.1, 0.15) is 0 Å². The Balaban J connectivity index is 2.40. The second-order valence-corrected chi connectivity index (χ2v) is 7.55.